The van der Waals surface area contributed by atoms with Crippen LogP contribution in [0.5, 0.6) is 0 Å². The van der Waals surface area contributed by atoms with E-state index < -0.39 is 10.9 Å². The smallest absolute Gasteiger partial charge is 0.342 e. The lowest BCUT2D eigenvalue weighted by molar-refractivity contribution is -0.385. The van der Waals surface area contributed by atoms with E-state index in [9.17, 15) is 14.9 Å². The second-order valence-electron chi connectivity index (χ2n) is 4.49. The lowest BCUT2D eigenvalue weighted by Crippen LogP contribution is -2.28. The highest BCUT2D eigenvalue weighted by Gasteiger charge is 2.20. The van der Waals surface area contributed by atoms with Crippen LogP contribution in [0, 0.1) is 10.1 Å². The Balaban J connectivity index is 3.01. The van der Waals surface area contributed by atoms with E-state index in [1.807, 2.05) is 30.9 Å². The molecule has 0 heterocycles. The third-order valence-corrected chi connectivity index (χ3v) is 2.73. The number of nitrogens with zero attached hydrogens (tertiary/aromatic N) is 3. The highest BCUT2D eigenvalue weighted by atomic mass is 16.6. The van der Waals surface area contributed by atoms with Crippen molar-refractivity contribution in [3.63, 3.8) is 0 Å². The van der Waals surface area contributed by atoms with Gasteiger partial charge in [0.15, 0.2) is 0 Å². The fourth-order valence-electron chi connectivity index (χ4n) is 1.57. The van der Waals surface area contributed by atoms with Gasteiger partial charge in [-0.15, -0.1) is 0 Å². The summed E-state index contributed by atoms with van der Waals surface area (Å²) in [5.41, 5.74) is -0.0602. The van der Waals surface area contributed by atoms with Crippen LogP contribution in [0.15, 0.2) is 18.2 Å². The van der Waals surface area contributed by atoms with E-state index in [2.05, 4.69) is 0 Å². The Hall–Kier alpha value is -2.15. The summed E-state index contributed by atoms with van der Waals surface area (Å²) >= 11 is 0. The van der Waals surface area contributed by atoms with Crippen LogP contribution in [0.1, 0.15) is 10.4 Å². The van der Waals surface area contributed by atoms with Crippen LogP contribution in [-0.2, 0) is 0 Å². The Kier molecular flexibility index (Phi) is 4.82. The quantitative estimate of drug-likeness (QED) is 0.617. The van der Waals surface area contributed by atoms with Gasteiger partial charge in [0.1, 0.15) is 5.56 Å². The largest absolute Gasteiger partial charge is 0.477 e. The Morgan fingerprint density at radius 3 is 2.42 bits per heavy atom. The number of benzene rings is 1. The van der Waals surface area contributed by atoms with Gasteiger partial charge in [-0.2, -0.15) is 0 Å². The van der Waals surface area contributed by atoms with E-state index in [-0.39, 0.29) is 11.3 Å². The molecule has 0 amide bonds. The normalized spacial score (nSPS) is 10.5. The Labute approximate surface area is 111 Å². The molecule has 1 aromatic carbocycles. The molecule has 0 aromatic heterocycles. The van der Waals surface area contributed by atoms with Gasteiger partial charge < -0.3 is 14.9 Å². The summed E-state index contributed by atoms with van der Waals surface area (Å²) in [6.45, 7) is 1.49. The maximum absolute atomic E-state index is 10.9. The molecule has 7 nitrogen and oxygen atoms in total. The predicted molar refractivity (Wildman–Crippen MR) is 71.9 cm³/mol. The Morgan fingerprint density at radius 2 is 1.95 bits per heavy atom. The molecule has 0 spiro atoms. The molecule has 0 bridgehead atoms. The highest BCUT2D eigenvalue weighted by Crippen LogP contribution is 2.25. The molecule has 19 heavy (non-hydrogen) atoms. The SMILES string of the molecule is CN(C)CCN(C)c1ccc(C(=O)O)c([N+](=O)[O-])c1. The monoisotopic (exact) mass is 267 g/mol. The average molecular weight is 267 g/mol. The molecular weight excluding hydrogens is 250 g/mol. The van der Waals surface area contributed by atoms with Crippen LogP contribution in [0.3, 0.4) is 0 Å². The number of carbonyl (C=O) groups is 1. The minimum absolute atomic E-state index is 0.297. The molecule has 1 aromatic rings. The molecular formula is C12H17N3O4. The molecule has 7 heteroatoms. The zero-order valence-electron chi connectivity index (χ0n) is 11.2. The van der Waals surface area contributed by atoms with E-state index in [1.165, 1.54) is 12.1 Å². The molecule has 1 rings (SSSR count). The first-order valence-corrected chi connectivity index (χ1v) is 5.70. The van der Waals surface area contributed by atoms with Crippen molar-refractivity contribution in [1.82, 2.24) is 4.90 Å². The van der Waals surface area contributed by atoms with Gasteiger partial charge in [-0.3, -0.25) is 10.1 Å². The number of rotatable bonds is 6. The summed E-state index contributed by atoms with van der Waals surface area (Å²) in [6, 6.07) is 4.13. The van der Waals surface area contributed by atoms with Crippen molar-refractivity contribution in [3.8, 4) is 0 Å². The van der Waals surface area contributed by atoms with Crippen LogP contribution < -0.4 is 4.90 Å². The van der Waals surface area contributed by atoms with Crippen molar-refractivity contribution in [2.75, 3.05) is 39.1 Å². The van der Waals surface area contributed by atoms with E-state index in [4.69, 9.17) is 5.11 Å². The molecule has 104 valence electrons. The summed E-state index contributed by atoms with van der Waals surface area (Å²) in [7, 11) is 5.68. The van der Waals surface area contributed by atoms with Crippen LogP contribution in [-0.4, -0.2) is 55.1 Å². The lowest BCUT2D eigenvalue weighted by Gasteiger charge is -2.21. The molecule has 0 aliphatic rings. The van der Waals surface area contributed by atoms with Crippen molar-refractivity contribution in [1.29, 1.82) is 0 Å². The molecule has 0 radical (unpaired) electrons. The van der Waals surface area contributed by atoms with Gasteiger partial charge in [0.05, 0.1) is 4.92 Å². The maximum Gasteiger partial charge on any atom is 0.342 e. The van der Waals surface area contributed by atoms with Crippen molar-refractivity contribution >= 4 is 17.3 Å². The summed E-state index contributed by atoms with van der Waals surface area (Å²) < 4.78 is 0. The third kappa shape index (κ3) is 3.92. The number of carboxylic acid groups (broad SMARTS) is 1. The second kappa shape index (κ2) is 6.14. The average Bonchev–Trinajstić information content (AvgIpc) is 2.34. The molecule has 0 fully saturated rings. The molecule has 0 aliphatic heterocycles. The van der Waals surface area contributed by atoms with Crippen molar-refractivity contribution in [2.45, 2.75) is 0 Å². The minimum atomic E-state index is -1.30. The summed E-state index contributed by atoms with van der Waals surface area (Å²) in [4.78, 5) is 24.9. The molecule has 0 unspecified atom stereocenters. The van der Waals surface area contributed by atoms with Gasteiger partial charge in [0, 0.05) is 31.9 Å². The van der Waals surface area contributed by atoms with Gasteiger partial charge in [-0.25, -0.2) is 4.79 Å². The number of anilines is 1. The van der Waals surface area contributed by atoms with Crippen LogP contribution in [0.4, 0.5) is 11.4 Å². The first-order chi connectivity index (χ1) is 8.82. The highest BCUT2D eigenvalue weighted by molar-refractivity contribution is 5.93. The molecule has 1 N–H and O–H groups in total. The van der Waals surface area contributed by atoms with E-state index >= 15 is 0 Å². The molecule has 0 saturated carbocycles. The standard InChI is InChI=1S/C12H17N3O4/c1-13(2)6-7-14(3)9-4-5-10(12(16)17)11(8-9)15(18)19/h4-5,8H,6-7H2,1-3H3,(H,16,17). The van der Waals surface area contributed by atoms with Crippen molar-refractivity contribution in [3.05, 3.63) is 33.9 Å². The van der Waals surface area contributed by atoms with Gasteiger partial charge in [-0.05, 0) is 26.2 Å². The number of likely N-dealkylation sites (N-methyl/N-ethyl adjacent to an activating group) is 2. The van der Waals surface area contributed by atoms with Gasteiger partial charge in [-0.1, -0.05) is 0 Å². The predicted octanol–water partition coefficient (Wildman–Crippen LogP) is 1.29. The molecule has 0 atom stereocenters. The summed E-state index contributed by atoms with van der Waals surface area (Å²) in [5.74, 6) is -1.30. The summed E-state index contributed by atoms with van der Waals surface area (Å²) in [5, 5.41) is 19.8. The topological polar surface area (TPSA) is 86.9 Å². The molecule has 0 aliphatic carbocycles. The first-order valence-electron chi connectivity index (χ1n) is 5.70. The second-order valence-corrected chi connectivity index (χ2v) is 4.49. The van der Waals surface area contributed by atoms with Crippen molar-refractivity contribution in [2.24, 2.45) is 0 Å². The van der Waals surface area contributed by atoms with Crippen LogP contribution >= 0.6 is 0 Å². The number of nitro benzene ring substituents is 1. The van der Waals surface area contributed by atoms with Gasteiger partial charge in [0.2, 0.25) is 0 Å². The number of aromatic carboxylic acids is 1. The summed E-state index contributed by atoms with van der Waals surface area (Å²) in [6.07, 6.45) is 0. The molecule has 0 saturated heterocycles. The Morgan fingerprint density at radius 1 is 1.32 bits per heavy atom. The fraction of sp³-hybridized carbons (Fsp3) is 0.417. The van der Waals surface area contributed by atoms with E-state index in [1.54, 1.807) is 6.07 Å². The fourth-order valence-corrected chi connectivity index (χ4v) is 1.57. The number of hydrogen-bond donors (Lipinski definition) is 1. The number of hydrogen-bond acceptors (Lipinski definition) is 5. The Bertz CT molecular complexity index is 488. The zero-order chi connectivity index (χ0) is 14.6. The number of carboxylic acids is 1. The third-order valence-electron chi connectivity index (χ3n) is 2.73. The van der Waals surface area contributed by atoms with Crippen molar-refractivity contribution < 1.29 is 14.8 Å². The lowest BCUT2D eigenvalue weighted by atomic mass is 10.1. The van der Waals surface area contributed by atoms with E-state index in [0.717, 1.165) is 6.54 Å². The zero-order valence-corrected chi connectivity index (χ0v) is 11.2. The number of nitro groups is 1. The van der Waals surface area contributed by atoms with Gasteiger partial charge in [0.25, 0.3) is 5.69 Å². The maximum atomic E-state index is 10.9. The minimum Gasteiger partial charge on any atom is -0.477 e. The van der Waals surface area contributed by atoms with Gasteiger partial charge >= 0.3 is 5.97 Å². The first kappa shape index (κ1) is 14.9. The van der Waals surface area contributed by atoms with Crippen LogP contribution in [0.25, 0.3) is 0 Å². The van der Waals surface area contributed by atoms with Crippen LogP contribution in [0.2, 0.25) is 0 Å². The van der Waals surface area contributed by atoms with E-state index in [0.29, 0.717) is 12.2 Å².